The lowest BCUT2D eigenvalue weighted by atomic mass is 9.99. The Morgan fingerprint density at radius 1 is 0.913 bits per heavy atom. The van der Waals surface area contributed by atoms with Crippen LogP contribution in [0.5, 0.6) is 0 Å². The highest BCUT2D eigenvalue weighted by Gasteiger charge is 2.26. The summed E-state index contributed by atoms with van der Waals surface area (Å²) in [6.07, 6.45) is 0. The molecule has 0 atom stereocenters. The van der Waals surface area contributed by atoms with Crippen LogP contribution in [0.2, 0.25) is 0 Å². The summed E-state index contributed by atoms with van der Waals surface area (Å²) in [5, 5.41) is 1.80. The number of carbonyl (C=O) groups excluding carboxylic acids is 2. The predicted molar refractivity (Wildman–Crippen MR) is 88.3 cm³/mol. The molecule has 0 fully saturated rings. The van der Waals surface area contributed by atoms with Crippen LogP contribution in [-0.4, -0.2) is 25.2 Å². The molecule has 0 aliphatic carbocycles. The van der Waals surface area contributed by atoms with Crippen molar-refractivity contribution >= 4 is 28.4 Å². The number of fused-ring (bicyclic) bond motifs is 1. The van der Waals surface area contributed by atoms with Gasteiger partial charge in [0.05, 0.1) is 18.9 Å². The number of carbonyl (C=O) groups is 2. The van der Waals surface area contributed by atoms with E-state index in [1.165, 1.54) is 0 Å². The quantitative estimate of drug-likeness (QED) is 0.397. The molecule has 0 aliphatic rings. The van der Waals surface area contributed by atoms with Gasteiger partial charge in [0.2, 0.25) is 0 Å². The molecule has 0 unspecified atom stereocenters. The Morgan fingerprint density at radius 2 is 1.48 bits per heavy atom. The molecule has 0 saturated heterocycles. The van der Waals surface area contributed by atoms with Crippen LogP contribution in [0.3, 0.4) is 0 Å². The fourth-order valence-corrected chi connectivity index (χ4v) is 2.30. The summed E-state index contributed by atoms with van der Waals surface area (Å²) in [4.78, 5) is 24.3. The van der Waals surface area contributed by atoms with E-state index in [9.17, 15) is 9.59 Å². The molecule has 23 heavy (non-hydrogen) atoms. The molecule has 5 nitrogen and oxygen atoms in total. The van der Waals surface area contributed by atoms with Crippen LogP contribution in [0, 0.1) is 0 Å². The number of esters is 2. The van der Waals surface area contributed by atoms with E-state index in [1.54, 1.807) is 19.9 Å². The highest BCUT2D eigenvalue weighted by Crippen LogP contribution is 2.25. The summed E-state index contributed by atoms with van der Waals surface area (Å²) < 4.78 is 9.90. The fourth-order valence-electron chi connectivity index (χ4n) is 2.30. The predicted octanol–water partition coefficient (Wildman–Crippen LogP) is 2.64. The molecule has 2 aromatic carbocycles. The Labute approximate surface area is 134 Å². The van der Waals surface area contributed by atoms with Gasteiger partial charge < -0.3 is 15.2 Å². The summed E-state index contributed by atoms with van der Waals surface area (Å²) in [6.45, 7) is 3.61. The summed E-state index contributed by atoms with van der Waals surface area (Å²) in [7, 11) is 0. The first-order valence-corrected chi connectivity index (χ1v) is 7.42. The van der Waals surface area contributed by atoms with Crippen molar-refractivity contribution < 1.29 is 19.1 Å². The molecule has 0 bridgehead atoms. The lowest BCUT2D eigenvalue weighted by molar-refractivity contribution is -0.146. The van der Waals surface area contributed by atoms with Crippen LogP contribution in [0.4, 0.5) is 0 Å². The van der Waals surface area contributed by atoms with Gasteiger partial charge in [-0.25, -0.2) is 9.59 Å². The Kier molecular flexibility index (Phi) is 5.36. The Balaban J connectivity index is 2.64. The maximum atomic E-state index is 12.1. The van der Waals surface area contributed by atoms with Gasteiger partial charge in [0, 0.05) is 5.56 Å². The number of hydrogen-bond donors (Lipinski definition) is 1. The lowest BCUT2D eigenvalue weighted by Gasteiger charge is -2.12. The van der Waals surface area contributed by atoms with Crippen LogP contribution >= 0.6 is 0 Å². The minimum absolute atomic E-state index is 0.0544. The molecule has 0 radical (unpaired) electrons. The third-order valence-electron chi connectivity index (χ3n) is 3.31. The zero-order valence-electron chi connectivity index (χ0n) is 13.2. The van der Waals surface area contributed by atoms with E-state index in [-0.39, 0.29) is 24.5 Å². The van der Waals surface area contributed by atoms with E-state index < -0.39 is 11.9 Å². The number of hydrogen-bond acceptors (Lipinski definition) is 5. The molecule has 120 valence electrons. The van der Waals surface area contributed by atoms with Gasteiger partial charge in [0.15, 0.2) is 5.57 Å². The normalized spacial score (nSPS) is 10.2. The van der Waals surface area contributed by atoms with E-state index >= 15 is 0 Å². The van der Waals surface area contributed by atoms with Crippen LogP contribution in [0.25, 0.3) is 16.5 Å². The van der Waals surface area contributed by atoms with Crippen LogP contribution < -0.4 is 5.73 Å². The van der Waals surface area contributed by atoms with Gasteiger partial charge in [-0.3, -0.25) is 0 Å². The van der Waals surface area contributed by atoms with Gasteiger partial charge in [-0.1, -0.05) is 42.5 Å². The largest absolute Gasteiger partial charge is 0.462 e. The number of ether oxygens (including phenoxy) is 2. The number of nitrogens with two attached hydrogens (primary N) is 1. The monoisotopic (exact) mass is 313 g/mol. The van der Waals surface area contributed by atoms with Gasteiger partial charge in [-0.05, 0) is 24.6 Å². The average Bonchev–Trinajstić information content (AvgIpc) is 2.55. The second-order valence-corrected chi connectivity index (χ2v) is 4.76. The molecule has 5 heteroatoms. The minimum atomic E-state index is -0.781. The number of rotatable bonds is 5. The van der Waals surface area contributed by atoms with Gasteiger partial charge >= 0.3 is 11.9 Å². The van der Waals surface area contributed by atoms with Gasteiger partial charge in [0.25, 0.3) is 0 Å². The van der Waals surface area contributed by atoms with Crippen molar-refractivity contribution in [2.24, 2.45) is 5.73 Å². The molecule has 2 rings (SSSR count). The molecular formula is C18H19NO4. The summed E-state index contributed by atoms with van der Waals surface area (Å²) in [5.41, 5.74) is 6.52. The molecule has 0 heterocycles. The smallest absolute Gasteiger partial charge is 0.347 e. The fraction of sp³-hybridized carbons (Fsp3) is 0.222. The van der Waals surface area contributed by atoms with Crippen LogP contribution in [0.15, 0.2) is 48.0 Å². The minimum Gasteiger partial charge on any atom is -0.462 e. The molecular weight excluding hydrogens is 294 g/mol. The maximum absolute atomic E-state index is 12.1. The van der Waals surface area contributed by atoms with Crippen molar-refractivity contribution in [2.45, 2.75) is 13.8 Å². The van der Waals surface area contributed by atoms with Crippen molar-refractivity contribution in [3.05, 3.63) is 53.6 Å². The molecule has 0 spiro atoms. The second-order valence-electron chi connectivity index (χ2n) is 4.76. The van der Waals surface area contributed by atoms with E-state index in [2.05, 4.69) is 0 Å². The molecule has 2 aromatic rings. The van der Waals surface area contributed by atoms with Crippen molar-refractivity contribution in [1.29, 1.82) is 0 Å². The second kappa shape index (κ2) is 7.45. The standard InChI is InChI=1S/C18H19NO4/c1-3-22-17(20)15(18(21)23-4-2)16(19)14-11-7-9-12-8-5-6-10-13(12)14/h5-11H,3-4,19H2,1-2H3. The van der Waals surface area contributed by atoms with E-state index in [4.69, 9.17) is 15.2 Å². The van der Waals surface area contributed by atoms with Crippen molar-refractivity contribution in [3.63, 3.8) is 0 Å². The zero-order chi connectivity index (χ0) is 16.8. The Morgan fingerprint density at radius 3 is 2.09 bits per heavy atom. The summed E-state index contributed by atoms with van der Waals surface area (Å²) in [5.74, 6) is -1.56. The van der Waals surface area contributed by atoms with Gasteiger partial charge in [0.1, 0.15) is 0 Å². The SMILES string of the molecule is CCOC(=O)C(C(=O)OCC)=C(N)c1cccc2ccccc12. The molecule has 0 amide bonds. The van der Waals surface area contributed by atoms with Crippen LogP contribution in [0.1, 0.15) is 19.4 Å². The zero-order valence-corrected chi connectivity index (χ0v) is 13.2. The first kappa shape index (κ1) is 16.5. The number of benzene rings is 2. The third kappa shape index (κ3) is 3.51. The maximum Gasteiger partial charge on any atom is 0.347 e. The summed E-state index contributed by atoms with van der Waals surface area (Å²) in [6, 6.07) is 13.1. The topological polar surface area (TPSA) is 78.6 Å². The average molecular weight is 313 g/mol. The Hall–Kier alpha value is -2.82. The molecule has 0 saturated carbocycles. The first-order valence-electron chi connectivity index (χ1n) is 7.42. The van der Waals surface area contributed by atoms with Crippen molar-refractivity contribution in [3.8, 4) is 0 Å². The van der Waals surface area contributed by atoms with Crippen molar-refractivity contribution in [2.75, 3.05) is 13.2 Å². The van der Waals surface area contributed by atoms with Crippen molar-refractivity contribution in [1.82, 2.24) is 0 Å². The molecule has 0 aromatic heterocycles. The van der Waals surface area contributed by atoms with E-state index in [0.29, 0.717) is 5.56 Å². The van der Waals surface area contributed by atoms with Gasteiger partial charge in [-0.15, -0.1) is 0 Å². The highest BCUT2D eigenvalue weighted by molar-refractivity contribution is 6.20. The molecule has 2 N–H and O–H groups in total. The Bertz CT molecular complexity index is 739. The summed E-state index contributed by atoms with van der Waals surface area (Å²) >= 11 is 0. The van der Waals surface area contributed by atoms with Gasteiger partial charge in [-0.2, -0.15) is 0 Å². The van der Waals surface area contributed by atoms with Crippen LogP contribution in [-0.2, 0) is 19.1 Å². The van der Waals surface area contributed by atoms with E-state index in [1.807, 2.05) is 36.4 Å². The first-order chi connectivity index (χ1) is 11.1. The molecule has 0 aliphatic heterocycles. The lowest BCUT2D eigenvalue weighted by Crippen LogP contribution is -2.22. The van der Waals surface area contributed by atoms with E-state index in [0.717, 1.165) is 10.8 Å². The third-order valence-corrected chi connectivity index (χ3v) is 3.31. The highest BCUT2D eigenvalue weighted by atomic mass is 16.6.